The van der Waals surface area contributed by atoms with Gasteiger partial charge in [0.15, 0.2) is 6.29 Å². The number of para-hydroxylation sites is 3. The van der Waals surface area contributed by atoms with E-state index in [1.807, 2.05) is 60.7 Å². The van der Waals surface area contributed by atoms with Gasteiger partial charge >= 0.3 is 0 Å². The molecule has 0 saturated carbocycles. The standard InChI is InChI=1S/C25H14N2O/c28-14-15-12-13-19-17-7-2-4-11-22(17)27-25(19)23(15)20-9-5-8-18-16-6-1-3-10-21(16)26-24(18)20/h1-14H. The van der Waals surface area contributed by atoms with E-state index < -0.39 is 0 Å². The lowest BCUT2D eigenvalue weighted by molar-refractivity contribution is 0.112. The van der Waals surface area contributed by atoms with E-state index in [2.05, 4.69) is 18.2 Å². The predicted octanol–water partition coefficient (Wildman–Crippen LogP) is 4.65. The minimum absolute atomic E-state index is 0.634. The first kappa shape index (κ1) is 15.2. The Labute approximate surface area is 160 Å². The summed E-state index contributed by atoms with van der Waals surface area (Å²) in [5.74, 6) is 0. The molecule has 0 saturated heterocycles. The average molecular weight is 358 g/mol. The van der Waals surface area contributed by atoms with E-state index in [1.165, 1.54) is 0 Å². The fourth-order valence-corrected chi connectivity index (χ4v) is 4.24. The Bertz CT molecular complexity index is 1530. The summed E-state index contributed by atoms with van der Waals surface area (Å²) in [6.07, 6.45) is 0.912. The molecule has 0 amide bonds. The van der Waals surface area contributed by atoms with Crippen molar-refractivity contribution >= 4 is 17.7 Å². The number of fused-ring (bicyclic) bond motifs is 6. The molecule has 0 bridgehead atoms. The van der Waals surface area contributed by atoms with Gasteiger partial charge in [-0.1, -0.05) is 66.7 Å². The Morgan fingerprint density at radius 2 is 1.18 bits per heavy atom. The lowest BCUT2D eigenvalue weighted by Crippen LogP contribution is -2.13. The summed E-state index contributed by atoms with van der Waals surface area (Å²) in [6.45, 7) is 0. The topological polar surface area (TPSA) is 41.8 Å². The summed E-state index contributed by atoms with van der Waals surface area (Å²) in [7, 11) is 0. The number of aldehydes is 1. The Morgan fingerprint density at radius 1 is 0.571 bits per heavy atom. The van der Waals surface area contributed by atoms with Crippen molar-refractivity contribution in [1.29, 1.82) is 0 Å². The fraction of sp³-hybridized carbons (Fsp3) is 0. The van der Waals surface area contributed by atoms with Crippen LogP contribution in [0.5, 0.6) is 0 Å². The lowest BCUT2D eigenvalue weighted by Gasteiger charge is -2.01. The Kier molecular flexibility index (Phi) is 3.03. The second kappa shape index (κ2) is 5.57. The van der Waals surface area contributed by atoms with Crippen molar-refractivity contribution < 1.29 is 4.79 Å². The van der Waals surface area contributed by atoms with Crippen molar-refractivity contribution in [2.45, 2.75) is 0 Å². The van der Waals surface area contributed by atoms with Crippen LogP contribution in [0, 0.1) is 10.4 Å². The maximum absolute atomic E-state index is 11.9. The van der Waals surface area contributed by atoms with E-state index in [0.717, 1.165) is 61.1 Å². The SMILES string of the molecule is O=Cc1ccc2c(c1=c1cccc3c1=Nc1ccccc1-3)=Nc1ccccc1-2. The van der Waals surface area contributed by atoms with Gasteiger partial charge < -0.3 is 0 Å². The third-order valence-electron chi connectivity index (χ3n) is 5.50. The average Bonchev–Trinajstić information content (AvgIpc) is 3.31. The summed E-state index contributed by atoms with van der Waals surface area (Å²) in [6, 6.07) is 26.3. The molecule has 3 heteroatoms. The first-order valence-electron chi connectivity index (χ1n) is 9.23. The first-order valence-corrected chi connectivity index (χ1v) is 9.23. The van der Waals surface area contributed by atoms with Crippen molar-refractivity contribution in [3.05, 3.63) is 106 Å². The third kappa shape index (κ3) is 1.96. The highest BCUT2D eigenvalue weighted by Gasteiger charge is 2.18. The van der Waals surface area contributed by atoms with Crippen LogP contribution >= 0.6 is 0 Å². The molecule has 0 unspecified atom stereocenters. The molecule has 130 valence electrons. The van der Waals surface area contributed by atoms with Crippen LogP contribution in [0.15, 0.2) is 88.8 Å². The summed E-state index contributed by atoms with van der Waals surface area (Å²) >= 11 is 0. The van der Waals surface area contributed by atoms with Crippen LogP contribution in [-0.2, 0) is 0 Å². The molecule has 4 aromatic carbocycles. The molecule has 2 aliphatic rings. The summed E-state index contributed by atoms with van der Waals surface area (Å²) in [4.78, 5) is 21.7. The molecule has 2 aliphatic heterocycles. The van der Waals surface area contributed by atoms with E-state index in [0.29, 0.717) is 5.56 Å². The van der Waals surface area contributed by atoms with Gasteiger partial charge in [0.05, 0.1) is 22.1 Å². The molecule has 0 radical (unpaired) electrons. The van der Waals surface area contributed by atoms with Gasteiger partial charge in [0.1, 0.15) is 0 Å². The van der Waals surface area contributed by atoms with Crippen LogP contribution in [-0.4, -0.2) is 6.29 Å². The molecule has 3 nitrogen and oxygen atoms in total. The van der Waals surface area contributed by atoms with Crippen molar-refractivity contribution in [3.63, 3.8) is 0 Å². The normalized spacial score (nSPS) is 13.6. The first-order chi connectivity index (χ1) is 13.8. The quantitative estimate of drug-likeness (QED) is 0.395. The maximum Gasteiger partial charge on any atom is 0.150 e. The van der Waals surface area contributed by atoms with Gasteiger partial charge in [-0.05, 0) is 12.1 Å². The maximum atomic E-state index is 11.9. The molecule has 0 N–H and O–H groups in total. The summed E-state index contributed by atoms with van der Waals surface area (Å²) < 4.78 is 0. The number of hydrogen-bond acceptors (Lipinski definition) is 3. The summed E-state index contributed by atoms with van der Waals surface area (Å²) in [5.41, 5.74) is 6.92. The molecule has 4 aromatic rings. The minimum atomic E-state index is 0.634. The van der Waals surface area contributed by atoms with Gasteiger partial charge in [0, 0.05) is 38.3 Å². The second-order valence-corrected chi connectivity index (χ2v) is 7.00. The molecule has 0 aliphatic carbocycles. The molecule has 28 heavy (non-hydrogen) atoms. The van der Waals surface area contributed by atoms with E-state index >= 15 is 0 Å². The van der Waals surface area contributed by atoms with Crippen LogP contribution in [0.25, 0.3) is 22.3 Å². The van der Waals surface area contributed by atoms with E-state index in [4.69, 9.17) is 9.98 Å². The number of nitrogens with zero attached hydrogens (tertiary/aromatic N) is 2. The van der Waals surface area contributed by atoms with Gasteiger partial charge in [-0.25, -0.2) is 9.98 Å². The van der Waals surface area contributed by atoms with E-state index in [1.54, 1.807) is 0 Å². The minimum Gasteiger partial charge on any atom is -0.298 e. The van der Waals surface area contributed by atoms with Crippen LogP contribution in [0.1, 0.15) is 10.4 Å². The van der Waals surface area contributed by atoms with Gasteiger partial charge in [-0.3, -0.25) is 4.79 Å². The zero-order chi connectivity index (χ0) is 18.7. The van der Waals surface area contributed by atoms with Crippen LogP contribution < -0.4 is 10.7 Å². The number of carbonyl (C=O) groups excluding carboxylic acids is 1. The van der Waals surface area contributed by atoms with E-state index in [-0.39, 0.29) is 0 Å². The molecule has 0 fully saturated rings. The monoisotopic (exact) mass is 358 g/mol. The largest absolute Gasteiger partial charge is 0.298 e. The fourth-order valence-electron chi connectivity index (χ4n) is 4.24. The van der Waals surface area contributed by atoms with Crippen molar-refractivity contribution in [1.82, 2.24) is 0 Å². The van der Waals surface area contributed by atoms with Gasteiger partial charge in [-0.2, -0.15) is 0 Å². The predicted molar refractivity (Wildman–Crippen MR) is 108 cm³/mol. The highest BCUT2D eigenvalue weighted by atomic mass is 16.1. The van der Waals surface area contributed by atoms with Gasteiger partial charge in [-0.15, -0.1) is 0 Å². The Hall–Kier alpha value is -3.85. The molecule has 0 aromatic heterocycles. The number of hydrogen-bond donors (Lipinski definition) is 0. The number of rotatable bonds is 1. The molecule has 2 heterocycles. The zero-order valence-electron chi connectivity index (χ0n) is 14.9. The van der Waals surface area contributed by atoms with Crippen LogP contribution in [0.3, 0.4) is 0 Å². The summed E-state index contributed by atoms with van der Waals surface area (Å²) in [5, 5.41) is 3.57. The highest BCUT2D eigenvalue weighted by Crippen LogP contribution is 2.33. The van der Waals surface area contributed by atoms with Gasteiger partial charge in [0.2, 0.25) is 0 Å². The zero-order valence-corrected chi connectivity index (χ0v) is 14.9. The van der Waals surface area contributed by atoms with Crippen LogP contribution in [0.4, 0.5) is 11.4 Å². The number of benzene rings is 4. The number of carbonyl (C=O) groups is 1. The van der Waals surface area contributed by atoms with E-state index in [9.17, 15) is 4.79 Å². The second-order valence-electron chi connectivity index (χ2n) is 7.00. The van der Waals surface area contributed by atoms with Crippen molar-refractivity contribution in [2.75, 3.05) is 0 Å². The van der Waals surface area contributed by atoms with Crippen molar-refractivity contribution in [2.24, 2.45) is 9.98 Å². The van der Waals surface area contributed by atoms with Crippen LogP contribution in [0.2, 0.25) is 0 Å². The Morgan fingerprint density at radius 3 is 1.89 bits per heavy atom. The van der Waals surface area contributed by atoms with Crippen molar-refractivity contribution in [3.8, 4) is 22.3 Å². The molecular weight excluding hydrogens is 344 g/mol. The molecule has 0 atom stereocenters. The molecule has 0 spiro atoms. The highest BCUT2D eigenvalue weighted by molar-refractivity contribution is 5.83. The molecular formula is C25H14N2O. The molecule has 6 rings (SSSR count). The third-order valence-corrected chi connectivity index (χ3v) is 5.50. The lowest BCUT2D eigenvalue weighted by atomic mass is 9.99. The Balaban J connectivity index is 1.87. The van der Waals surface area contributed by atoms with Gasteiger partial charge in [0.25, 0.3) is 0 Å². The smallest absolute Gasteiger partial charge is 0.150 e.